The van der Waals surface area contributed by atoms with Crippen LogP contribution in [0, 0.1) is 0 Å². The molecule has 0 fully saturated rings. The van der Waals surface area contributed by atoms with Crippen molar-refractivity contribution in [3.63, 3.8) is 0 Å². The minimum atomic E-state index is -0.942. The monoisotopic (exact) mass is 391 g/mol. The summed E-state index contributed by atoms with van der Waals surface area (Å²) in [4.78, 5) is 23.4. The number of ether oxygens (including phenoxy) is 1. The lowest BCUT2D eigenvalue weighted by molar-refractivity contribution is -0.137. The molecule has 0 aliphatic carbocycles. The van der Waals surface area contributed by atoms with Gasteiger partial charge in [0.15, 0.2) is 17.1 Å². The number of aromatic nitrogens is 1. The molecule has 0 atom stereocenters. The third-order valence-corrected chi connectivity index (χ3v) is 4.45. The minimum Gasteiger partial charge on any atom is -0.493 e. The van der Waals surface area contributed by atoms with E-state index in [1.165, 1.54) is 13.3 Å². The SMILES string of the molecule is COc1cccc2cc(C(=O)N/N=C/c3cn(CC(=O)O)c4ccccc34)oc12. The van der Waals surface area contributed by atoms with Crippen molar-refractivity contribution >= 4 is 40.0 Å². The van der Waals surface area contributed by atoms with Crippen LogP contribution in [0.2, 0.25) is 0 Å². The molecule has 2 N–H and O–H groups in total. The van der Waals surface area contributed by atoms with Crippen LogP contribution >= 0.6 is 0 Å². The summed E-state index contributed by atoms with van der Waals surface area (Å²) < 4.78 is 12.4. The summed E-state index contributed by atoms with van der Waals surface area (Å²) in [5.41, 5.74) is 4.38. The van der Waals surface area contributed by atoms with E-state index in [0.717, 1.165) is 16.3 Å². The number of fused-ring (bicyclic) bond motifs is 2. The van der Waals surface area contributed by atoms with Crippen LogP contribution < -0.4 is 10.2 Å². The van der Waals surface area contributed by atoms with E-state index in [4.69, 9.17) is 14.3 Å². The summed E-state index contributed by atoms with van der Waals surface area (Å²) in [7, 11) is 1.53. The maximum atomic E-state index is 12.4. The molecule has 29 heavy (non-hydrogen) atoms. The highest BCUT2D eigenvalue weighted by Gasteiger charge is 2.14. The zero-order valence-electron chi connectivity index (χ0n) is 15.5. The average Bonchev–Trinajstić information content (AvgIpc) is 3.30. The van der Waals surface area contributed by atoms with Crippen LogP contribution in [0.15, 0.2) is 64.2 Å². The van der Waals surface area contributed by atoms with Crippen LogP contribution in [0.5, 0.6) is 5.75 Å². The summed E-state index contributed by atoms with van der Waals surface area (Å²) in [6.45, 7) is -0.165. The molecule has 146 valence electrons. The summed E-state index contributed by atoms with van der Waals surface area (Å²) in [5.74, 6) is -0.803. The van der Waals surface area contributed by atoms with Gasteiger partial charge in [-0.25, -0.2) is 5.43 Å². The van der Waals surface area contributed by atoms with E-state index in [9.17, 15) is 9.59 Å². The normalized spacial score (nSPS) is 11.3. The molecule has 0 bridgehead atoms. The van der Waals surface area contributed by atoms with Gasteiger partial charge in [-0.15, -0.1) is 0 Å². The third-order valence-electron chi connectivity index (χ3n) is 4.45. The Morgan fingerprint density at radius 2 is 2.07 bits per heavy atom. The van der Waals surface area contributed by atoms with Crippen molar-refractivity contribution in [3.05, 3.63) is 66.1 Å². The highest BCUT2D eigenvalue weighted by Crippen LogP contribution is 2.28. The van der Waals surface area contributed by atoms with Gasteiger partial charge in [-0.05, 0) is 18.2 Å². The van der Waals surface area contributed by atoms with Crippen molar-refractivity contribution in [1.29, 1.82) is 0 Å². The van der Waals surface area contributed by atoms with E-state index in [1.54, 1.807) is 22.9 Å². The van der Waals surface area contributed by atoms with Gasteiger partial charge >= 0.3 is 11.9 Å². The number of amides is 1. The molecule has 2 aromatic heterocycles. The molecule has 0 unspecified atom stereocenters. The van der Waals surface area contributed by atoms with Gasteiger partial charge < -0.3 is 18.8 Å². The number of hydrogen-bond acceptors (Lipinski definition) is 5. The number of nitrogens with zero attached hydrogens (tertiary/aromatic N) is 2. The number of methoxy groups -OCH3 is 1. The highest BCUT2D eigenvalue weighted by molar-refractivity contribution is 6.01. The molecular weight excluding hydrogens is 374 g/mol. The number of hydrazone groups is 1. The number of carbonyl (C=O) groups is 2. The van der Waals surface area contributed by atoms with Gasteiger partial charge in [0.05, 0.1) is 13.3 Å². The van der Waals surface area contributed by atoms with E-state index in [0.29, 0.717) is 16.9 Å². The van der Waals surface area contributed by atoms with Crippen molar-refractivity contribution in [2.24, 2.45) is 5.10 Å². The maximum absolute atomic E-state index is 12.4. The van der Waals surface area contributed by atoms with Gasteiger partial charge in [0.2, 0.25) is 0 Å². The fraction of sp³-hybridized carbons (Fsp3) is 0.0952. The zero-order valence-corrected chi connectivity index (χ0v) is 15.5. The van der Waals surface area contributed by atoms with Crippen molar-refractivity contribution in [1.82, 2.24) is 9.99 Å². The lowest BCUT2D eigenvalue weighted by Gasteiger charge is -1.99. The van der Waals surface area contributed by atoms with Gasteiger partial charge in [0.1, 0.15) is 6.54 Å². The number of carboxylic acid groups (broad SMARTS) is 1. The van der Waals surface area contributed by atoms with Crippen molar-refractivity contribution in [2.75, 3.05) is 7.11 Å². The van der Waals surface area contributed by atoms with Gasteiger partial charge in [0.25, 0.3) is 0 Å². The number of hydrogen-bond donors (Lipinski definition) is 2. The van der Waals surface area contributed by atoms with Crippen molar-refractivity contribution in [2.45, 2.75) is 6.54 Å². The lowest BCUT2D eigenvalue weighted by Crippen LogP contribution is -2.16. The number of benzene rings is 2. The van der Waals surface area contributed by atoms with Gasteiger partial charge in [-0.3, -0.25) is 9.59 Å². The van der Waals surface area contributed by atoms with Crippen LogP contribution in [0.25, 0.3) is 21.9 Å². The summed E-state index contributed by atoms with van der Waals surface area (Å²) >= 11 is 0. The summed E-state index contributed by atoms with van der Waals surface area (Å²) in [5, 5.41) is 14.7. The molecule has 0 spiro atoms. The Hall–Kier alpha value is -4.07. The Balaban J connectivity index is 1.56. The fourth-order valence-corrected chi connectivity index (χ4v) is 3.18. The third kappa shape index (κ3) is 3.55. The van der Waals surface area contributed by atoms with Crippen molar-refractivity contribution < 1.29 is 23.8 Å². The fourth-order valence-electron chi connectivity index (χ4n) is 3.18. The molecule has 4 rings (SSSR count). The number of aliphatic carboxylic acids is 1. The molecule has 0 saturated carbocycles. The molecule has 0 radical (unpaired) electrons. The standard InChI is InChI=1S/C21H17N3O5/c1-28-17-8-4-5-13-9-18(29-20(13)17)21(27)23-22-10-14-11-24(12-19(25)26)16-7-3-2-6-15(14)16/h2-11H,12H2,1H3,(H,23,27)(H,25,26)/b22-10+. The Kier molecular flexibility index (Phi) is 4.74. The van der Waals surface area contributed by atoms with Gasteiger partial charge in [0, 0.05) is 28.0 Å². The highest BCUT2D eigenvalue weighted by atomic mass is 16.5. The first-order valence-electron chi connectivity index (χ1n) is 8.76. The smallest absolute Gasteiger partial charge is 0.323 e. The number of carboxylic acids is 1. The molecule has 4 aromatic rings. The number of furan rings is 1. The number of nitrogens with one attached hydrogen (secondary N) is 1. The summed E-state index contributed by atoms with van der Waals surface area (Å²) in [6.07, 6.45) is 3.16. The molecule has 0 aliphatic heterocycles. The first-order chi connectivity index (χ1) is 14.1. The molecule has 0 saturated heterocycles. The van der Waals surface area contributed by atoms with E-state index in [2.05, 4.69) is 10.5 Å². The average molecular weight is 391 g/mol. The van der Waals surface area contributed by atoms with Crippen LogP contribution in [-0.4, -0.2) is 34.9 Å². The van der Waals surface area contributed by atoms with Crippen molar-refractivity contribution in [3.8, 4) is 5.75 Å². The Morgan fingerprint density at radius 1 is 1.24 bits per heavy atom. The molecule has 1 amide bonds. The Morgan fingerprint density at radius 3 is 2.86 bits per heavy atom. The predicted molar refractivity (Wildman–Crippen MR) is 107 cm³/mol. The zero-order chi connectivity index (χ0) is 20.4. The lowest BCUT2D eigenvalue weighted by atomic mass is 10.2. The first kappa shape index (κ1) is 18.3. The molecular formula is C21H17N3O5. The first-order valence-corrected chi connectivity index (χ1v) is 8.76. The van der Waals surface area contributed by atoms with E-state index < -0.39 is 11.9 Å². The number of rotatable bonds is 6. The minimum absolute atomic E-state index is 0.106. The number of para-hydroxylation sites is 2. The molecule has 8 nitrogen and oxygen atoms in total. The quantitative estimate of drug-likeness (QED) is 0.388. The topological polar surface area (TPSA) is 106 Å². The predicted octanol–water partition coefficient (Wildman–Crippen LogP) is 3.24. The second-order valence-corrected chi connectivity index (χ2v) is 6.31. The Labute approximate surface area is 165 Å². The van der Waals surface area contributed by atoms with Gasteiger partial charge in [-0.2, -0.15) is 5.10 Å². The van der Waals surface area contributed by atoms with Gasteiger partial charge in [-0.1, -0.05) is 30.3 Å². The molecule has 0 aliphatic rings. The van der Waals surface area contributed by atoms with E-state index in [1.807, 2.05) is 36.4 Å². The van der Waals surface area contributed by atoms with Crippen LogP contribution in [0.3, 0.4) is 0 Å². The molecule has 2 heterocycles. The Bertz CT molecular complexity index is 1250. The largest absolute Gasteiger partial charge is 0.493 e. The van der Waals surface area contributed by atoms with E-state index >= 15 is 0 Å². The second kappa shape index (κ2) is 7.51. The van der Waals surface area contributed by atoms with E-state index in [-0.39, 0.29) is 12.3 Å². The molecule has 2 aromatic carbocycles. The maximum Gasteiger partial charge on any atom is 0.323 e. The van der Waals surface area contributed by atoms with Crippen LogP contribution in [0.4, 0.5) is 0 Å². The van der Waals surface area contributed by atoms with Crippen LogP contribution in [-0.2, 0) is 11.3 Å². The second-order valence-electron chi connectivity index (χ2n) is 6.31. The van der Waals surface area contributed by atoms with Crippen LogP contribution in [0.1, 0.15) is 16.1 Å². The number of carbonyl (C=O) groups excluding carboxylic acids is 1. The molecule has 8 heteroatoms. The summed E-state index contributed by atoms with van der Waals surface area (Å²) in [6, 6.07) is 14.4.